The Morgan fingerprint density at radius 3 is 2.06 bits per heavy atom. The molecule has 0 radical (unpaired) electrons. The van der Waals surface area contributed by atoms with Crippen LogP contribution in [0.2, 0.25) is 0 Å². The van der Waals surface area contributed by atoms with Gasteiger partial charge in [0.05, 0.1) is 16.5 Å². The van der Waals surface area contributed by atoms with Crippen LogP contribution < -0.4 is 5.32 Å². The standard InChI is InChI=1S/C23H28F6N2O/c24-22(25,26)17-10-15(11-18(12-17)23(27,28)29)14-30-20(32)21(16-4-5-16)7-6-19(13-21)31-8-2-1-3-9-31/h10-12,16,19H,1-9,13-14H2,(H,30,32). The van der Waals surface area contributed by atoms with Gasteiger partial charge in [-0.2, -0.15) is 26.3 Å². The third-order valence-electron chi connectivity index (χ3n) is 7.34. The second-order valence-corrected chi connectivity index (χ2v) is 9.52. The molecule has 2 atom stereocenters. The lowest BCUT2D eigenvalue weighted by Gasteiger charge is -2.34. The molecule has 0 aromatic heterocycles. The van der Waals surface area contributed by atoms with Gasteiger partial charge in [-0.25, -0.2) is 0 Å². The minimum Gasteiger partial charge on any atom is -0.352 e. The summed E-state index contributed by atoms with van der Waals surface area (Å²) in [5.41, 5.74) is -3.48. The molecule has 0 bridgehead atoms. The zero-order valence-corrected chi connectivity index (χ0v) is 17.8. The van der Waals surface area contributed by atoms with Gasteiger partial charge in [0, 0.05) is 12.6 Å². The number of amides is 1. The lowest BCUT2D eigenvalue weighted by atomic mass is 9.79. The number of nitrogens with one attached hydrogen (secondary N) is 1. The summed E-state index contributed by atoms with van der Waals surface area (Å²) in [4.78, 5) is 15.7. The van der Waals surface area contributed by atoms with Crippen molar-refractivity contribution < 1.29 is 31.1 Å². The van der Waals surface area contributed by atoms with Crippen LogP contribution in [0.4, 0.5) is 26.3 Å². The molecule has 1 heterocycles. The fraction of sp³-hybridized carbons (Fsp3) is 0.696. The minimum atomic E-state index is -4.90. The quantitative estimate of drug-likeness (QED) is 0.563. The number of nitrogens with zero attached hydrogens (tertiary/aromatic N) is 1. The van der Waals surface area contributed by atoms with Gasteiger partial charge in [-0.1, -0.05) is 6.42 Å². The number of carbonyl (C=O) groups is 1. The molecule has 1 aliphatic heterocycles. The van der Waals surface area contributed by atoms with E-state index in [0.29, 0.717) is 18.2 Å². The van der Waals surface area contributed by atoms with E-state index in [1.54, 1.807) is 0 Å². The van der Waals surface area contributed by atoms with Crippen LogP contribution in [0, 0.1) is 11.3 Å². The number of likely N-dealkylation sites (tertiary alicyclic amines) is 1. The summed E-state index contributed by atoms with van der Waals surface area (Å²) < 4.78 is 78.7. The summed E-state index contributed by atoms with van der Waals surface area (Å²) in [5.74, 6) is 0.0232. The van der Waals surface area contributed by atoms with Crippen molar-refractivity contribution in [3.05, 3.63) is 34.9 Å². The van der Waals surface area contributed by atoms with Gasteiger partial charge in [0.15, 0.2) is 0 Å². The van der Waals surface area contributed by atoms with Crippen molar-refractivity contribution >= 4 is 5.91 Å². The van der Waals surface area contributed by atoms with E-state index >= 15 is 0 Å². The van der Waals surface area contributed by atoms with E-state index in [1.807, 2.05) is 0 Å². The number of hydrogen-bond acceptors (Lipinski definition) is 2. The molecule has 1 saturated heterocycles. The van der Waals surface area contributed by atoms with Crippen LogP contribution in [-0.4, -0.2) is 29.9 Å². The number of piperidine rings is 1. The molecule has 1 N–H and O–H groups in total. The third-order valence-corrected chi connectivity index (χ3v) is 7.34. The van der Waals surface area contributed by atoms with Crippen molar-refractivity contribution in [3.8, 4) is 0 Å². The Bertz CT molecular complexity index is 810. The van der Waals surface area contributed by atoms with E-state index in [4.69, 9.17) is 0 Å². The van der Waals surface area contributed by atoms with Crippen LogP contribution >= 0.6 is 0 Å². The van der Waals surface area contributed by atoms with Crippen LogP contribution in [-0.2, 0) is 23.7 Å². The number of alkyl halides is 6. The van der Waals surface area contributed by atoms with Crippen molar-refractivity contribution in [2.24, 2.45) is 11.3 Å². The predicted octanol–water partition coefficient (Wildman–Crippen LogP) is 5.78. The van der Waals surface area contributed by atoms with Crippen LogP contribution in [0.1, 0.15) is 68.1 Å². The topological polar surface area (TPSA) is 32.3 Å². The van der Waals surface area contributed by atoms with E-state index in [2.05, 4.69) is 10.2 Å². The molecule has 3 aliphatic rings. The molecular weight excluding hydrogens is 434 g/mol. The highest BCUT2D eigenvalue weighted by atomic mass is 19.4. The average molecular weight is 462 g/mol. The van der Waals surface area contributed by atoms with Crippen LogP contribution in [0.25, 0.3) is 0 Å². The Labute approximate surface area is 183 Å². The third kappa shape index (κ3) is 4.92. The first-order valence-corrected chi connectivity index (χ1v) is 11.3. The van der Waals surface area contributed by atoms with Crippen molar-refractivity contribution in [1.29, 1.82) is 0 Å². The van der Waals surface area contributed by atoms with Gasteiger partial charge in [-0.15, -0.1) is 0 Å². The second kappa shape index (κ2) is 8.54. The maximum absolute atomic E-state index is 13.2. The zero-order chi connectivity index (χ0) is 23.1. The monoisotopic (exact) mass is 462 g/mol. The molecule has 2 unspecified atom stereocenters. The van der Waals surface area contributed by atoms with Gasteiger partial charge in [-0.3, -0.25) is 4.79 Å². The number of carbonyl (C=O) groups excluding carboxylic acids is 1. The normalized spacial score (nSPS) is 27.5. The summed E-state index contributed by atoms with van der Waals surface area (Å²) in [6.45, 7) is 1.70. The summed E-state index contributed by atoms with van der Waals surface area (Å²) in [6.07, 6.45) is -2.04. The van der Waals surface area contributed by atoms with Crippen LogP contribution in [0.15, 0.2) is 18.2 Å². The summed E-state index contributed by atoms with van der Waals surface area (Å²) >= 11 is 0. The van der Waals surface area contributed by atoms with E-state index in [0.717, 1.165) is 58.0 Å². The van der Waals surface area contributed by atoms with Gasteiger partial charge in [0.2, 0.25) is 5.91 Å². The zero-order valence-electron chi connectivity index (χ0n) is 17.8. The van der Waals surface area contributed by atoms with Gasteiger partial charge in [-0.05, 0) is 87.7 Å². The van der Waals surface area contributed by atoms with E-state index in [9.17, 15) is 31.1 Å². The minimum absolute atomic E-state index is 0.108. The first kappa shape index (κ1) is 23.4. The Morgan fingerprint density at radius 2 is 1.53 bits per heavy atom. The van der Waals surface area contributed by atoms with E-state index in [-0.39, 0.29) is 30.0 Å². The maximum Gasteiger partial charge on any atom is 0.416 e. The molecule has 2 aliphatic carbocycles. The molecule has 0 spiro atoms. The van der Waals surface area contributed by atoms with Crippen molar-refractivity contribution in [2.45, 2.75) is 76.3 Å². The first-order valence-electron chi connectivity index (χ1n) is 11.3. The lowest BCUT2D eigenvalue weighted by Crippen LogP contribution is -2.43. The molecule has 3 fully saturated rings. The highest BCUT2D eigenvalue weighted by Gasteiger charge is 2.55. The van der Waals surface area contributed by atoms with Crippen molar-refractivity contribution in [3.63, 3.8) is 0 Å². The fourth-order valence-electron chi connectivity index (χ4n) is 5.52. The van der Waals surface area contributed by atoms with Crippen LogP contribution in [0.5, 0.6) is 0 Å². The van der Waals surface area contributed by atoms with Gasteiger partial charge in [0.25, 0.3) is 0 Å². The molecule has 3 nitrogen and oxygen atoms in total. The van der Waals surface area contributed by atoms with Gasteiger partial charge >= 0.3 is 12.4 Å². The summed E-state index contributed by atoms with van der Waals surface area (Å²) in [6, 6.07) is 1.80. The fourth-order valence-corrected chi connectivity index (χ4v) is 5.52. The molecule has 2 saturated carbocycles. The number of hydrogen-bond donors (Lipinski definition) is 1. The average Bonchev–Trinajstić information content (AvgIpc) is 3.50. The highest BCUT2D eigenvalue weighted by Crippen LogP contribution is 2.56. The molecule has 4 rings (SSSR count). The van der Waals surface area contributed by atoms with Crippen LogP contribution in [0.3, 0.4) is 0 Å². The number of rotatable bonds is 5. The molecular formula is C23H28F6N2O. The molecule has 9 heteroatoms. The summed E-state index contributed by atoms with van der Waals surface area (Å²) in [5, 5.41) is 2.69. The number of benzene rings is 1. The Kier molecular flexibility index (Phi) is 6.24. The van der Waals surface area contributed by atoms with E-state index in [1.165, 1.54) is 6.42 Å². The first-order chi connectivity index (χ1) is 15.0. The van der Waals surface area contributed by atoms with Crippen molar-refractivity contribution in [1.82, 2.24) is 10.2 Å². The highest BCUT2D eigenvalue weighted by molar-refractivity contribution is 5.84. The molecule has 1 aromatic rings. The summed E-state index contributed by atoms with van der Waals surface area (Å²) in [7, 11) is 0. The Balaban J connectivity index is 1.48. The van der Waals surface area contributed by atoms with Crippen molar-refractivity contribution in [2.75, 3.05) is 13.1 Å². The lowest BCUT2D eigenvalue weighted by molar-refractivity contribution is -0.143. The maximum atomic E-state index is 13.2. The molecule has 178 valence electrons. The van der Waals surface area contributed by atoms with E-state index < -0.39 is 28.9 Å². The number of halogens is 6. The smallest absolute Gasteiger partial charge is 0.352 e. The second-order valence-electron chi connectivity index (χ2n) is 9.52. The molecule has 32 heavy (non-hydrogen) atoms. The molecule has 1 aromatic carbocycles. The predicted molar refractivity (Wildman–Crippen MR) is 107 cm³/mol. The SMILES string of the molecule is O=C(NCc1cc(C(F)(F)F)cc(C(F)(F)F)c1)C1(C2CC2)CCC(N2CCCCC2)C1. The molecule has 1 amide bonds. The van der Waals surface area contributed by atoms with Gasteiger partial charge in [0.1, 0.15) is 0 Å². The van der Waals surface area contributed by atoms with Gasteiger partial charge < -0.3 is 10.2 Å². The largest absolute Gasteiger partial charge is 0.416 e. The Hall–Kier alpha value is -1.77. The Morgan fingerprint density at radius 1 is 0.938 bits per heavy atom.